The summed E-state index contributed by atoms with van der Waals surface area (Å²) >= 11 is 0. The molecule has 5 nitrogen and oxygen atoms in total. The Hall–Kier alpha value is -2.05. The van der Waals surface area contributed by atoms with Crippen molar-refractivity contribution >= 4 is 15.5 Å². The van der Waals surface area contributed by atoms with Gasteiger partial charge in [-0.3, -0.25) is 0 Å². The van der Waals surface area contributed by atoms with E-state index in [4.69, 9.17) is 4.74 Å². The lowest BCUT2D eigenvalue weighted by Crippen LogP contribution is -2.31. The second-order valence-electron chi connectivity index (χ2n) is 7.70. The van der Waals surface area contributed by atoms with Crippen LogP contribution < -0.4 is 9.64 Å². The number of sulfone groups is 1. The van der Waals surface area contributed by atoms with E-state index in [2.05, 4.69) is 23.8 Å². The van der Waals surface area contributed by atoms with Gasteiger partial charge in [0, 0.05) is 31.2 Å². The number of rotatable bonds is 4. The Balaban J connectivity index is 1.72. The Labute approximate surface area is 167 Å². The molecule has 2 aliphatic heterocycles. The highest BCUT2D eigenvalue weighted by atomic mass is 32.2. The van der Waals surface area contributed by atoms with Gasteiger partial charge in [-0.05, 0) is 67.9 Å². The number of fused-ring (bicyclic) bond motifs is 3. The Kier molecular flexibility index (Phi) is 5.10. The molecule has 2 atom stereocenters. The molecule has 0 bridgehead atoms. The van der Waals surface area contributed by atoms with Crippen molar-refractivity contribution in [3.05, 3.63) is 48.0 Å². The van der Waals surface area contributed by atoms with E-state index in [1.54, 1.807) is 37.4 Å². The third kappa shape index (κ3) is 3.18. The van der Waals surface area contributed by atoms with E-state index in [9.17, 15) is 8.42 Å². The van der Waals surface area contributed by atoms with Crippen molar-refractivity contribution in [2.24, 2.45) is 0 Å². The van der Waals surface area contributed by atoms with Crippen molar-refractivity contribution < 1.29 is 13.2 Å². The van der Waals surface area contributed by atoms with E-state index in [1.807, 2.05) is 12.1 Å². The monoisotopic (exact) mass is 400 g/mol. The van der Waals surface area contributed by atoms with Gasteiger partial charge in [0.15, 0.2) is 0 Å². The number of anilines is 1. The molecule has 1 unspecified atom stereocenters. The van der Waals surface area contributed by atoms with Crippen LogP contribution in [0.25, 0.3) is 0 Å². The summed E-state index contributed by atoms with van der Waals surface area (Å²) in [7, 11) is 0.103. The quantitative estimate of drug-likeness (QED) is 0.786. The molecule has 0 saturated carbocycles. The van der Waals surface area contributed by atoms with E-state index in [0.717, 1.165) is 32.5 Å². The van der Waals surface area contributed by atoms with Gasteiger partial charge in [-0.1, -0.05) is 13.0 Å². The maximum absolute atomic E-state index is 13.2. The Morgan fingerprint density at radius 2 is 1.82 bits per heavy atom. The van der Waals surface area contributed by atoms with E-state index in [-0.39, 0.29) is 4.90 Å². The van der Waals surface area contributed by atoms with Crippen molar-refractivity contribution in [1.29, 1.82) is 0 Å². The molecule has 2 heterocycles. The Bertz CT molecular complexity index is 973. The zero-order valence-corrected chi connectivity index (χ0v) is 17.6. The lowest BCUT2D eigenvalue weighted by molar-refractivity contribution is 0.298. The average Bonchev–Trinajstić information content (AvgIpc) is 2.86. The normalized spacial score (nSPS) is 22.5. The van der Waals surface area contributed by atoms with Crippen LogP contribution in [0, 0.1) is 0 Å². The maximum Gasteiger partial charge on any atom is 0.206 e. The summed E-state index contributed by atoms with van der Waals surface area (Å²) in [5.41, 5.74) is 2.35. The summed E-state index contributed by atoms with van der Waals surface area (Å²) in [6.45, 7) is 5.45. The van der Waals surface area contributed by atoms with E-state index >= 15 is 0 Å². The number of likely N-dealkylation sites (N-methyl/N-ethyl adjacent to an activating group) is 1. The predicted molar refractivity (Wildman–Crippen MR) is 111 cm³/mol. The minimum absolute atomic E-state index is 0.271. The zero-order valence-electron chi connectivity index (χ0n) is 16.8. The van der Waals surface area contributed by atoms with Crippen LogP contribution in [0.4, 0.5) is 5.69 Å². The predicted octanol–water partition coefficient (Wildman–Crippen LogP) is 3.55. The molecule has 6 heteroatoms. The molecule has 0 aliphatic carbocycles. The standard InChI is InChI=1S/C22H28N2O3S/c1-4-24-12-10-19-20-15-18(8-9-21(20)23(2)22(19)11-13-24)28(25,26)17-7-5-6-16(14-17)27-3/h5-9,14-15,19,22H,4,10-13H2,1-3H3/t19-,22?/m1/s1. The van der Waals surface area contributed by atoms with E-state index in [1.165, 1.54) is 11.3 Å². The number of nitrogens with zero attached hydrogens (tertiary/aromatic N) is 2. The van der Waals surface area contributed by atoms with Crippen LogP contribution in [-0.4, -0.2) is 53.2 Å². The molecular formula is C22H28N2O3S. The molecule has 0 radical (unpaired) electrons. The summed E-state index contributed by atoms with van der Waals surface area (Å²) in [6.07, 6.45) is 2.18. The molecule has 1 fully saturated rings. The van der Waals surface area contributed by atoms with Crippen LogP contribution in [0.15, 0.2) is 52.3 Å². The average molecular weight is 401 g/mol. The van der Waals surface area contributed by atoms with E-state index in [0.29, 0.717) is 22.6 Å². The molecule has 1 saturated heterocycles. The molecule has 28 heavy (non-hydrogen) atoms. The first-order valence-electron chi connectivity index (χ1n) is 9.94. The fourth-order valence-electron chi connectivity index (χ4n) is 4.69. The first kappa shape index (κ1) is 19.3. The summed E-state index contributed by atoms with van der Waals surface area (Å²) in [6, 6.07) is 12.8. The van der Waals surface area contributed by atoms with Gasteiger partial charge in [0.1, 0.15) is 5.75 Å². The second kappa shape index (κ2) is 7.41. The summed E-state index contributed by atoms with van der Waals surface area (Å²) in [4.78, 5) is 5.47. The highest BCUT2D eigenvalue weighted by Crippen LogP contribution is 2.45. The van der Waals surface area contributed by atoms with Gasteiger partial charge >= 0.3 is 0 Å². The number of hydrogen-bond donors (Lipinski definition) is 0. The summed E-state index contributed by atoms with van der Waals surface area (Å²) in [5, 5.41) is 0. The smallest absolute Gasteiger partial charge is 0.206 e. The van der Waals surface area contributed by atoms with Crippen LogP contribution >= 0.6 is 0 Å². The molecule has 150 valence electrons. The van der Waals surface area contributed by atoms with Gasteiger partial charge in [0.2, 0.25) is 9.84 Å². The minimum Gasteiger partial charge on any atom is -0.497 e. The highest BCUT2D eigenvalue weighted by Gasteiger charge is 2.38. The topological polar surface area (TPSA) is 49.9 Å². The van der Waals surface area contributed by atoms with Gasteiger partial charge in [-0.2, -0.15) is 0 Å². The van der Waals surface area contributed by atoms with Gasteiger partial charge in [-0.25, -0.2) is 8.42 Å². The Morgan fingerprint density at radius 3 is 2.57 bits per heavy atom. The lowest BCUT2D eigenvalue weighted by Gasteiger charge is -2.25. The fourth-order valence-corrected chi connectivity index (χ4v) is 6.02. The third-order valence-corrected chi connectivity index (χ3v) is 8.10. The largest absolute Gasteiger partial charge is 0.497 e. The first-order chi connectivity index (χ1) is 13.5. The highest BCUT2D eigenvalue weighted by molar-refractivity contribution is 7.91. The molecule has 2 aromatic carbocycles. The number of methoxy groups -OCH3 is 1. The van der Waals surface area contributed by atoms with Gasteiger partial charge in [-0.15, -0.1) is 0 Å². The summed E-state index contributed by atoms with van der Waals surface area (Å²) in [5.74, 6) is 0.933. The summed E-state index contributed by atoms with van der Waals surface area (Å²) < 4.78 is 31.7. The molecule has 0 amide bonds. The molecule has 0 aromatic heterocycles. The van der Waals surface area contributed by atoms with Crippen LogP contribution in [0.3, 0.4) is 0 Å². The molecule has 0 spiro atoms. The van der Waals surface area contributed by atoms with Gasteiger partial charge in [0.05, 0.1) is 16.9 Å². The molecule has 2 aromatic rings. The molecule has 4 rings (SSSR count). The van der Waals surface area contributed by atoms with Crippen LogP contribution in [0.5, 0.6) is 5.75 Å². The molecule has 0 N–H and O–H groups in total. The Morgan fingerprint density at radius 1 is 1.07 bits per heavy atom. The van der Waals surface area contributed by atoms with E-state index < -0.39 is 9.84 Å². The number of hydrogen-bond acceptors (Lipinski definition) is 5. The van der Waals surface area contributed by atoms with Crippen molar-refractivity contribution in [2.45, 2.75) is 41.5 Å². The molecular weight excluding hydrogens is 372 g/mol. The maximum atomic E-state index is 13.2. The number of benzene rings is 2. The first-order valence-corrected chi connectivity index (χ1v) is 11.4. The van der Waals surface area contributed by atoms with Gasteiger partial charge < -0.3 is 14.5 Å². The van der Waals surface area contributed by atoms with Crippen LogP contribution in [0.1, 0.15) is 31.2 Å². The lowest BCUT2D eigenvalue weighted by atomic mass is 9.91. The van der Waals surface area contributed by atoms with Crippen molar-refractivity contribution in [3.8, 4) is 5.75 Å². The minimum atomic E-state index is -3.58. The van der Waals surface area contributed by atoms with Crippen LogP contribution in [-0.2, 0) is 9.84 Å². The van der Waals surface area contributed by atoms with Crippen molar-refractivity contribution in [3.63, 3.8) is 0 Å². The second-order valence-corrected chi connectivity index (χ2v) is 9.65. The van der Waals surface area contributed by atoms with Crippen LogP contribution in [0.2, 0.25) is 0 Å². The molecule has 2 aliphatic rings. The number of ether oxygens (including phenoxy) is 1. The van der Waals surface area contributed by atoms with Crippen molar-refractivity contribution in [2.75, 3.05) is 38.7 Å². The number of likely N-dealkylation sites (tertiary alicyclic amines) is 1. The third-order valence-electron chi connectivity index (χ3n) is 6.35. The fraction of sp³-hybridized carbons (Fsp3) is 0.455. The zero-order chi connectivity index (χ0) is 19.9. The van der Waals surface area contributed by atoms with Gasteiger partial charge in [0.25, 0.3) is 0 Å². The SMILES string of the molecule is CCN1CCC2[C@H](CC1)c1cc(S(=O)(=O)c3cccc(OC)c3)ccc1N2C. The van der Waals surface area contributed by atoms with Crippen molar-refractivity contribution in [1.82, 2.24) is 4.90 Å².